The van der Waals surface area contributed by atoms with Crippen molar-refractivity contribution in [3.05, 3.63) is 35.4 Å². The Labute approximate surface area is 122 Å². The SMILES string of the molecule is CC1CCCCC1N(C)Cc1ccc(C#CCO)cc1. The van der Waals surface area contributed by atoms with E-state index in [9.17, 15) is 0 Å². The second kappa shape index (κ2) is 7.47. The third-order valence-corrected chi connectivity index (χ3v) is 4.33. The highest BCUT2D eigenvalue weighted by atomic mass is 16.2. The summed E-state index contributed by atoms with van der Waals surface area (Å²) in [5.74, 6) is 6.42. The lowest BCUT2D eigenvalue weighted by Crippen LogP contribution is -2.38. The number of aliphatic hydroxyl groups excluding tert-OH is 1. The van der Waals surface area contributed by atoms with Crippen molar-refractivity contribution in [3.63, 3.8) is 0 Å². The van der Waals surface area contributed by atoms with Crippen LogP contribution in [0.15, 0.2) is 24.3 Å². The molecule has 1 saturated carbocycles. The van der Waals surface area contributed by atoms with Gasteiger partial charge in [0.15, 0.2) is 0 Å². The lowest BCUT2D eigenvalue weighted by atomic mass is 9.85. The summed E-state index contributed by atoms with van der Waals surface area (Å²) in [7, 11) is 2.24. The molecular weight excluding hydrogens is 246 g/mol. The molecule has 0 amide bonds. The molecule has 1 aromatic rings. The van der Waals surface area contributed by atoms with E-state index in [0.29, 0.717) is 0 Å². The molecule has 2 nitrogen and oxygen atoms in total. The summed E-state index contributed by atoms with van der Waals surface area (Å²) in [5.41, 5.74) is 2.30. The van der Waals surface area contributed by atoms with Gasteiger partial charge in [-0.3, -0.25) is 4.90 Å². The minimum absolute atomic E-state index is 0.0793. The first-order valence-corrected chi connectivity index (χ1v) is 7.59. The molecule has 2 heteroatoms. The van der Waals surface area contributed by atoms with Crippen LogP contribution in [0.5, 0.6) is 0 Å². The Morgan fingerprint density at radius 3 is 2.55 bits per heavy atom. The van der Waals surface area contributed by atoms with E-state index >= 15 is 0 Å². The molecule has 1 N–H and O–H groups in total. The lowest BCUT2D eigenvalue weighted by molar-refractivity contribution is 0.133. The normalized spacial score (nSPS) is 22.4. The van der Waals surface area contributed by atoms with Gasteiger partial charge in [-0.2, -0.15) is 0 Å². The Morgan fingerprint density at radius 1 is 1.20 bits per heavy atom. The fourth-order valence-electron chi connectivity index (χ4n) is 3.19. The third-order valence-electron chi connectivity index (χ3n) is 4.33. The zero-order valence-electron chi connectivity index (χ0n) is 12.6. The van der Waals surface area contributed by atoms with Gasteiger partial charge in [-0.05, 0) is 43.5 Å². The summed E-state index contributed by atoms with van der Waals surface area (Å²) in [6, 6.07) is 9.08. The summed E-state index contributed by atoms with van der Waals surface area (Å²) in [6.45, 7) is 3.31. The largest absolute Gasteiger partial charge is 0.384 e. The van der Waals surface area contributed by atoms with Gasteiger partial charge in [0.2, 0.25) is 0 Å². The monoisotopic (exact) mass is 271 g/mol. The lowest BCUT2D eigenvalue weighted by Gasteiger charge is -2.36. The summed E-state index contributed by atoms with van der Waals surface area (Å²) >= 11 is 0. The summed E-state index contributed by atoms with van der Waals surface area (Å²) < 4.78 is 0. The quantitative estimate of drug-likeness (QED) is 0.854. The maximum Gasteiger partial charge on any atom is 0.104 e. The Balaban J connectivity index is 1.95. The smallest absolute Gasteiger partial charge is 0.104 e. The minimum atomic E-state index is -0.0793. The Bertz CT molecular complexity index is 468. The van der Waals surface area contributed by atoms with Gasteiger partial charge in [0, 0.05) is 18.2 Å². The minimum Gasteiger partial charge on any atom is -0.384 e. The molecular formula is C18H25NO. The van der Waals surface area contributed by atoms with Crippen LogP contribution in [0.3, 0.4) is 0 Å². The molecule has 1 aliphatic rings. The number of aliphatic hydroxyl groups is 1. The average Bonchev–Trinajstić information content (AvgIpc) is 2.47. The molecule has 2 unspecified atom stereocenters. The standard InChI is InChI=1S/C18H25NO/c1-15-6-3-4-8-18(15)19(2)14-17-11-9-16(10-12-17)7-5-13-20/h9-12,15,18,20H,3-4,6,8,13-14H2,1-2H3. The zero-order valence-corrected chi connectivity index (χ0v) is 12.6. The summed E-state index contributed by atoms with van der Waals surface area (Å²) in [6.07, 6.45) is 5.46. The Morgan fingerprint density at radius 2 is 1.90 bits per heavy atom. The van der Waals surface area contributed by atoms with Gasteiger partial charge in [-0.15, -0.1) is 0 Å². The van der Waals surface area contributed by atoms with Crippen LogP contribution in [0.4, 0.5) is 0 Å². The van der Waals surface area contributed by atoms with E-state index in [-0.39, 0.29) is 6.61 Å². The molecule has 2 atom stereocenters. The van der Waals surface area contributed by atoms with Gasteiger partial charge in [0.1, 0.15) is 6.61 Å². The van der Waals surface area contributed by atoms with E-state index in [1.54, 1.807) is 0 Å². The van der Waals surface area contributed by atoms with Gasteiger partial charge < -0.3 is 5.11 Å². The van der Waals surface area contributed by atoms with Crippen LogP contribution in [0.2, 0.25) is 0 Å². The maximum atomic E-state index is 8.69. The molecule has 20 heavy (non-hydrogen) atoms. The summed E-state index contributed by atoms with van der Waals surface area (Å²) in [5, 5.41) is 8.69. The van der Waals surface area contributed by atoms with Gasteiger partial charge in [-0.25, -0.2) is 0 Å². The predicted molar refractivity (Wildman–Crippen MR) is 83.3 cm³/mol. The van der Waals surface area contributed by atoms with Crippen molar-refractivity contribution in [1.82, 2.24) is 4.90 Å². The third kappa shape index (κ3) is 4.10. The first-order valence-electron chi connectivity index (χ1n) is 7.59. The zero-order chi connectivity index (χ0) is 14.4. The second-order valence-electron chi connectivity index (χ2n) is 5.90. The highest BCUT2D eigenvalue weighted by Gasteiger charge is 2.24. The predicted octanol–water partition coefficient (Wildman–Crippen LogP) is 3.04. The van der Waals surface area contributed by atoms with E-state index in [4.69, 9.17) is 5.11 Å². The van der Waals surface area contributed by atoms with Crippen LogP contribution < -0.4 is 0 Å². The van der Waals surface area contributed by atoms with Crippen LogP contribution in [-0.4, -0.2) is 29.7 Å². The van der Waals surface area contributed by atoms with Gasteiger partial charge in [0.25, 0.3) is 0 Å². The molecule has 1 fully saturated rings. The number of benzene rings is 1. The molecule has 108 valence electrons. The van der Waals surface area contributed by atoms with E-state index in [2.05, 4.69) is 42.8 Å². The summed E-state index contributed by atoms with van der Waals surface area (Å²) in [4.78, 5) is 2.50. The molecule has 0 heterocycles. The van der Waals surface area contributed by atoms with Crippen LogP contribution in [0.1, 0.15) is 43.7 Å². The van der Waals surface area contributed by atoms with Crippen LogP contribution in [-0.2, 0) is 6.54 Å². The Hall–Kier alpha value is -1.30. The molecule has 0 radical (unpaired) electrons. The van der Waals surface area contributed by atoms with Crippen molar-refractivity contribution in [1.29, 1.82) is 0 Å². The molecule has 0 spiro atoms. The van der Waals surface area contributed by atoms with Crippen molar-refractivity contribution in [3.8, 4) is 11.8 Å². The van der Waals surface area contributed by atoms with Gasteiger partial charge >= 0.3 is 0 Å². The number of rotatable bonds is 3. The van der Waals surface area contributed by atoms with E-state index < -0.39 is 0 Å². The van der Waals surface area contributed by atoms with Crippen LogP contribution in [0, 0.1) is 17.8 Å². The first-order chi connectivity index (χ1) is 9.70. The topological polar surface area (TPSA) is 23.5 Å². The molecule has 2 rings (SSSR count). The van der Waals surface area contributed by atoms with Crippen molar-refractivity contribution in [2.75, 3.05) is 13.7 Å². The molecule has 0 bridgehead atoms. The first kappa shape index (κ1) is 15.1. The van der Waals surface area contributed by atoms with Crippen LogP contribution in [0.25, 0.3) is 0 Å². The van der Waals surface area contributed by atoms with Crippen molar-refractivity contribution in [2.24, 2.45) is 5.92 Å². The van der Waals surface area contributed by atoms with Gasteiger partial charge in [0.05, 0.1) is 0 Å². The highest BCUT2D eigenvalue weighted by Crippen LogP contribution is 2.28. The fraction of sp³-hybridized carbons (Fsp3) is 0.556. The molecule has 0 saturated heterocycles. The van der Waals surface area contributed by atoms with Crippen molar-refractivity contribution < 1.29 is 5.11 Å². The molecule has 1 aliphatic carbocycles. The second-order valence-corrected chi connectivity index (χ2v) is 5.90. The highest BCUT2D eigenvalue weighted by molar-refractivity contribution is 5.36. The Kier molecular flexibility index (Phi) is 5.64. The number of nitrogens with zero attached hydrogens (tertiary/aromatic N) is 1. The molecule has 0 aromatic heterocycles. The van der Waals surface area contributed by atoms with Crippen molar-refractivity contribution >= 4 is 0 Å². The number of hydrogen-bond acceptors (Lipinski definition) is 2. The van der Waals surface area contributed by atoms with E-state index in [1.807, 2.05) is 12.1 Å². The average molecular weight is 271 g/mol. The van der Waals surface area contributed by atoms with Crippen LogP contribution >= 0.6 is 0 Å². The van der Waals surface area contributed by atoms with Crippen molar-refractivity contribution in [2.45, 2.75) is 45.2 Å². The fourth-order valence-corrected chi connectivity index (χ4v) is 3.19. The van der Waals surface area contributed by atoms with E-state index in [0.717, 1.165) is 24.1 Å². The maximum absolute atomic E-state index is 8.69. The molecule has 0 aliphatic heterocycles. The molecule has 1 aromatic carbocycles. The van der Waals surface area contributed by atoms with E-state index in [1.165, 1.54) is 31.2 Å². The van der Waals surface area contributed by atoms with Gasteiger partial charge in [-0.1, -0.05) is 43.7 Å². The number of hydrogen-bond donors (Lipinski definition) is 1.